The highest BCUT2D eigenvalue weighted by atomic mass is 32.2. The van der Waals surface area contributed by atoms with E-state index in [0.29, 0.717) is 11.3 Å². The number of carbonyl (C=O) groups excluding carboxylic acids is 5. The molecule has 0 unspecified atom stereocenters. The number of primary amides is 1. The van der Waals surface area contributed by atoms with Crippen LogP contribution in [-0.4, -0.2) is 109 Å². The van der Waals surface area contributed by atoms with E-state index >= 15 is 0 Å². The minimum Gasteiger partial charge on any atom is -0.483 e. The number of fused-ring (bicyclic) bond motifs is 1. The third-order valence-electron chi connectivity index (χ3n) is 7.39. The number of nitrogens with two attached hydrogens (primary N) is 1. The van der Waals surface area contributed by atoms with Crippen molar-refractivity contribution in [3.63, 3.8) is 0 Å². The summed E-state index contributed by atoms with van der Waals surface area (Å²) < 4.78 is 30.3. The molecule has 6 N–H and O–H groups in total. The Morgan fingerprint density at radius 1 is 1.00 bits per heavy atom. The Hall–Kier alpha value is -4.67. The summed E-state index contributed by atoms with van der Waals surface area (Å²) in [6, 6.07) is 17.4. The van der Waals surface area contributed by atoms with Crippen molar-refractivity contribution in [2.75, 3.05) is 36.8 Å². The van der Waals surface area contributed by atoms with Crippen LogP contribution in [0.5, 0.6) is 5.75 Å². The maximum Gasteiger partial charge on any atom is 0.258 e. The molecule has 4 rings (SSSR count). The summed E-state index contributed by atoms with van der Waals surface area (Å²) in [6.45, 7) is -0.959. The maximum absolute atomic E-state index is 13.6. The fourth-order valence-corrected chi connectivity index (χ4v) is 7.09. The van der Waals surface area contributed by atoms with Gasteiger partial charge in [-0.3, -0.25) is 24.0 Å². The molecular formula is C32H37N5O9S2. The number of thioether (sulfide) groups is 1. The van der Waals surface area contributed by atoms with Crippen molar-refractivity contribution in [1.29, 1.82) is 0 Å². The van der Waals surface area contributed by atoms with Crippen molar-refractivity contribution >= 4 is 61.9 Å². The van der Waals surface area contributed by atoms with E-state index in [1.165, 1.54) is 11.8 Å². The van der Waals surface area contributed by atoms with Gasteiger partial charge in [-0.1, -0.05) is 66.7 Å². The molecule has 0 radical (unpaired) electrons. The smallest absolute Gasteiger partial charge is 0.258 e. The van der Waals surface area contributed by atoms with Crippen molar-refractivity contribution < 1.29 is 42.2 Å². The Labute approximate surface area is 281 Å². The van der Waals surface area contributed by atoms with E-state index in [1.54, 1.807) is 42.5 Å². The molecule has 0 aliphatic carbocycles. The summed E-state index contributed by atoms with van der Waals surface area (Å²) in [6.07, 6.45) is -1.02. The largest absolute Gasteiger partial charge is 0.483 e. The average Bonchev–Trinajstić information content (AvgIpc) is 3.55. The van der Waals surface area contributed by atoms with Crippen LogP contribution in [0.3, 0.4) is 0 Å². The first-order chi connectivity index (χ1) is 22.8. The van der Waals surface area contributed by atoms with Crippen LogP contribution in [0.2, 0.25) is 0 Å². The molecule has 1 aliphatic rings. The fourth-order valence-electron chi connectivity index (χ4n) is 5.09. The number of ether oxygens (including phenoxy) is 1. The lowest BCUT2D eigenvalue weighted by molar-refractivity contribution is -0.146. The standard InChI is InChI=1S/C32H37N5O9S2/c1-48(44,45)18-24(35-28(39)16-46-26-13-7-11-21-10-5-6-12-22(21)26)30(41)36-23(14-20-8-3-2-4-9-20)29(40)32(43)37-19-47-17-25(37)31(42)34-15-27(33)38/h2-13,23-25,29,40H,14-19H2,1H3,(H2,33,38)(H,34,42)(H,35,39)(H,36,41)/t23-,24-,25-,29-/m0/s1. The van der Waals surface area contributed by atoms with E-state index in [4.69, 9.17) is 10.5 Å². The first-order valence-electron chi connectivity index (χ1n) is 14.9. The molecule has 0 spiro atoms. The maximum atomic E-state index is 13.6. The molecule has 0 aromatic heterocycles. The SMILES string of the molecule is CS(=O)(=O)C[C@H](NC(=O)COc1cccc2ccccc12)C(=O)N[C@@H](Cc1ccccc1)[C@H](O)C(=O)N1CSC[C@H]1C(=O)NCC(N)=O. The molecule has 16 heteroatoms. The van der Waals surface area contributed by atoms with Gasteiger partial charge in [0.1, 0.15) is 27.7 Å². The number of sulfone groups is 1. The Bertz CT molecular complexity index is 1750. The van der Waals surface area contributed by atoms with Crippen LogP contribution in [-0.2, 0) is 40.2 Å². The number of amides is 5. The number of aliphatic hydroxyl groups is 1. The molecule has 1 aliphatic heterocycles. The average molecular weight is 700 g/mol. The summed E-state index contributed by atoms with van der Waals surface area (Å²) in [5.41, 5.74) is 5.74. The van der Waals surface area contributed by atoms with Crippen molar-refractivity contribution in [1.82, 2.24) is 20.9 Å². The third-order valence-corrected chi connectivity index (χ3v) is 9.35. The van der Waals surface area contributed by atoms with E-state index in [0.717, 1.165) is 21.9 Å². The zero-order valence-corrected chi connectivity index (χ0v) is 27.7. The summed E-state index contributed by atoms with van der Waals surface area (Å²) in [7, 11) is -3.82. The molecule has 256 valence electrons. The lowest BCUT2D eigenvalue weighted by Gasteiger charge is -2.30. The van der Waals surface area contributed by atoms with Crippen molar-refractivity contribution in [2.24, 2.45) is 5.73 Å². The van der Waals surface area contributed by atoms with E-state index in [2.05, 4.69) is 16.0 Å². The van der Waals surface area contributed by atoms with Gasteiger partial charge in [-0.05, 0) is 23.4 Å². The Balaban J connectivity index is 1.50. The van der Waals surface area contributed by atoms with E-state index in [-0.39, 0.29) is 18.1 Å². The van der Waals surface area contributed by atoms with Gasteiger partial charge in [0.15, 0.2) is 12.7 Å². The molecule has 1 heterocycles. The highest BCUT2D eigenvalue weighted by molar-refractivity contribution is 7.99. The van der Waals surface area contributed by atoms with Gasteiger partial charge < -0.3 is 36.4 Å². The number of rotatable bonds is 15. The molecule has 1 fully saturated rings. The number of hydrogen-bond donors (Lipinski definition) is 5. The molecule has 14 nitrogen and oxygen atoms in total. The Morgan fingerprint density at radius 2 is 1.69 bits per heavy atom. The molecule has 4 atom stereocenters. The van der Waals surface area contributed by atoms with Gasteiger partial charge >= 0.3 is 0 Å². The summed E-state index contributed by atoms with van der Waals surface area (Å²) in [5, 5.41) is 20.3. The molecule has 1 saturated heterocycles. The van der Waals surface area contributed by atoms with Gasteiger partial charge in [0, 0.05) is 17.4 Å². The van der Waals surface area contributed by atoms with Crippen molar-refractivity contribution in [3.05, 3.63) is 78.4 Å². The second-order valence-corrected chi connectivity index (χ2v) is 14.4. The van der Waals surface area contributed by atoms with Crippen molar-refractivity contribution in [3.8, 4) is 5.75 Å². The van der Waals surface area contributed by atoms with Gasteiger partial charge in [0.25, 0.3) is 11.8 Å². The van der Waals surface area contributed by atoms with Crippen LogP contribution in [0.1, 0.15) is 5.56 Å². The predicted molar refractivity (Wildman–Crippen MR) is 179 cm³/mol. The Kier molecular flexibility index (Phi) is 12.4. The quantitative estimate of drug-likeness (QED) is 0.135. The third kappa shape index (κ3) is 10.2. The number of aliphatic hydroxyl groups excluding tert-OH is 1. The van der Waals surface area contributed by atoms with Crippen LogP contribution in [0, 0.1) is 0 Å². The number of benzene rings is 3. The van der Waals surface area contributed by atoms with Crippen LogP contribution in [0.25, 0.3) is 10.8 Å². The molecule has 5 amide bonds. The van der Waals surface area contributed by atoms with E-state index in [1.807, 2.05) is 30.3 Å². The molecule has 3 aromatic rings. The highest BCUT2D eigenvalue weighted by Gasteiger charge is 2.40. The second-order valence-electron chi connectivity index (χ2n) is 11.2. The summed E-state index contributed by atoms with van der Waals surface area (Å²) in [4.78, 5) is 65.1. The zero-order chi connectivity index (χ0) is 34.8. The predicted octanol–water partition coefficient (Wildman–Crippen LogP) is -0.661. The fraction of sp³-hybridized carbons (Fsp3) is 0.344. The van der Waals surface area contributed by atoms with Gasteiger partial charge in [0.2, 0.25) is 17.7 Å². The number of nitrogens with one attached hydrogen (secondary N) is 3. The van der Waals surface area contributed by atoms with Crippen LogP contribution in [0.4, 0.5) is 0 Å². The normalized spacial score (nSPS) is 16.4. The lowest BCUT2D eigenvalue weighted by atomic mass is 9.99. The molecule has 0 bridgehead atoms. The topological polar surface area (TPSA) is 214 Å². The van der Waals surface area contributed by atoms with E-state index in [9.17, 15) is 37.5 Å². The summed E-state index contributed by atoms with van der Waals surface area (Å²) in [5.74, 6) is -4.11. The first-order valence-corrected chi connectivity index (χ1v) is 18.1. The molecule has 48 heavy (non-hydrogen) atoms. The summed E-state index contributed by atoms with van der Waals surface area (Å²) >= 11 is 1.25. The number of carbonyl (C=O) groups is 5. The molecule has 0 saturated carbocycles. The number of nitrogens with zero attached hydrogens (tertiary/aromatic N) is 1. The molecule has 3 aromatic carbocycles. The van der Waals surface area contributed by atoms with Gasteiger partial charge in [-0.25, -0.2) is 8.42 Å². The minimum atomic E-state index is -3.82. The zero-order valence-electron chi connectivity index (χ0n) is 26.0. The van der Waals surface area contributed by atoms with Crippen LogP contribution in [0.15, 0.2) is 72.8 Å². The second kappa shape index (κ2) is 16.4. The number of hydrogen-bond acceptors (Lipinski definition) is 10. The molecular weight excluding hydrogens is 663 g/mol. The van der Waals surface area contributed by atoms with Crippen LogP contribution < -0.4 is 26.4 Å². The Morgan fingerprint density at radius 3 is 2.40 bits per heavy atom. The lowest BCUT2D eigenvalue weighted by Crippen LogP contribution is -2.59. The van der Waals surface area contributed by atoms with Crippen molar-refractivity contribution in [2.45, 2.75) is 30.7 Å². The minimum absolute atomic E-state index is 0.0528. The van der Waals surface area contributed by atoms with E-state index < -0.39 is 82.5 Å². The van der Waals surface area contributed by atoms with Gasteiger partial charge in [0.05, 0.1) is 24.2 Å². The van der Waals surface area contributed by atoms with Gasteiger partial charge in [-0.15, -0.1) is 11.8 Å². The monoisotopic (exact) mass is 699 g/mol. The van der Waals surface area contributed by atoms with Gasteiger partial charge in [-0.2, -0.15) is 0 Å². The first kappa shape index (κ1) is 36.2. The van der Waals surface area contributed by atoms with Crippen LogP contribution >= 0.6 is 11.8 Å². The highest BCUT2D eigenvalue weighted by Crippen LogP contribution is 2.25.